The van der Waals surface area contributed by atoms with E-state index in [-0.39, 0.29) is 23.9 Å². The van der Waals surface area contributed by atoms with Crippen molar-refractivity contribution in [2.75, 3.05) is 5.32 Å². The maximum atomic E-state index is 12.0. The predicted octanol–water partition coefficient (Wildman–Crippen LogP) is 2.22. The molecule has 2 unspecified atom stereocenters. The first-order valence-electron chi connectivity index (χ1n) is 9.13. The number of aliphatic imine (C=N–C) groups is 2. The second-order valence-electron chi connectivity index (χ2n) is 6.91. The summed E-state index contributed by atoms with van der Waals surface area (Å²) in [5.74, 6) is 0.599. The number of hydrogen-bond acceptors (Lipinski definition) is 6. The fraction of sp³-hybridized carbons (Fsp3) is 0.421. The van der Waals surface area contributed by atoms with Crippen molar-refractivity contribution in [1.82, 2.24) is 10.2 Å². The van der Waals surface area contributed by atoms with Crippen LogP contribution in [0, 0.1) is 0 Å². The van der Waals surface area contributed by atoms with Gasteiger partial charge in [0.2, 0.25) is 11.9 Å². The summed E-state index contributed by atoms with van der Waals surface area (Å²) in [6.45, 7) is 0. The van der Waals surface area contributed by atoms with Crippen LogP contribution in [-0.4, -0.2) is 46.3 Å². The Hall–Kier alpha value is -2.83. The van der Waals surface area contributed by atoms with Crippen molar-refractivity contribution in [2.45, 2.75) is 50.4 Å². The maximum absolute atomic E-state index is 12.0. The Morgan fingerprint density at radius 2 is 1.92 bits per heavy atom. The standard InChI is InChI=1S/C19H23N5O2/c25-15-8-6-13(7-9-15)21-19-20-12-16-18(23-19)24(11-10-17(26)22-16)14-4-2-1-3-5-14/h6-12,14,16,18,25H,1-5H2,(H,21,23)(H,22,26). The summed E-state index contributed by atoms with van der Waals surface area (Å²) in [6.07, 6.45) is 11.0. The molecule has 2 atom stereocenters. The van der Waals surface area contributed by atoms with Crippen molar-refractivity contribution in [3.05, 3.63) is 36.5 Å². The summed E-state index contributed by atoms with van der Waals surface area (Å²) >= 11 is 0. The van der Waals surface area contributed by atoms with E-state index in [0.717, 1.165) is 18.5 Å². The molecule has 7 heteroatoms. The number of aromatic hydroxyl groups is 1. The monoisotopic (exact) mass is 353 g/mol. The van der Waals surface area contributed by atoms with Gasteiger partial charge in [0.25, 0.3) is 0 Å². The van der Waals surface area contributed by atoms with E-state index in [4.69, 9.17) is 4.99 Å². The highest BCUT2D eigenvalue weighted by molar-refractivity contribution is 6.02. The summed E-state index contributed by atoms with van der Waals surface area (Å²) in [4.78, 5) is 23.4. The largest absolute Gasteiger partial charge is 0.508 e. The number of guanidine groups is 1. The number of nitrogens with zero attached hydrogens (tertiary/aromatic N) is 3. The molecule has 0 bridgehead atoms. The van der Waals surface area contributed by atoms with Crippen LogP contribution in [0.1, 0.15) is 32.1 Å². The number of anilines is 1. The number of carbonyl (C=O) groups is 1. The van der Waals surface area contributed by atoms with Crippen molar-refractivity contribution in [1.29, 1.82) is 0 Å². The number of phenols is 1. The third-order valence-corrected chi connectivity index (χ3v) is 5.07. The molecule has 1 aromatic carbocycles. The van der Waals surface area contributed by atoms with Gasteiger partial charge in [-0.05, 0) is 37.1 Å². The van der Waals surface area contributed by atoms with Gasteiger partial charge < -0.3 is 20.6 Å². The molecule has 7 nitrogen and oxygen atoms in total. The Labute approximate surface area is 152 Å². The highest BCUT2D eigenvalue weighted by atomic mass is 16.3. The second-order valence-corrected chi connectivity index (χ2v) is 6.91. The van der Waals surface area contributed by atoms with Gasteiger partial charge in [0.05, 0.1) is 0 Å². The molecule has 2 aliphatic heterocycles. The zero-order valence-corrected chi connectivity index (χ0v) is 14.5. The minimum absolute atomic E-state index is 0.116. The van der Waals surface area contributed by atoms with Gasteiger partial charge in [0.15, 0.2) is 6.17 Å². The number of nitrogens with one attached hydrogen (secondary N) is 2. The number of amides is 1. The summed E-state index contributed by atoms with van der Waals surface area (Å²) in [5.41, 5.74) is 0.801. The van der Waals surface area contributed by atoms with E-state index in [0.29, 0.717) is 12.0 Å². The zero-order chi connectivity index (χ0) is 17.9. The van der Waals surface area contributed by atoms with Crippen LogP contribution in [0.15, 0.2) is 46.5 Å². The van der Waals surface area contributed by atoms with E-state index in [2.05, 4.69) is 20.5 Å². The third-order valence-electron chi connectivity index (χ3n) is 5.07. The first-order chi connectivity index (χ1) is 12.7. The Balaban J connectivity index is 1.58. The average Bonchev–Trinajstić information content (AvgIpc) is 2.82. The van der Waals surface area contributed by atoms with Crippen molar-refractivity contribution in [3.63, 3.8) is 0 Å². The van der Waals surface area contributed by atoms with Crippen LogP contribution in [0.4, 0.5) is 5.69 Å². The molecule has 2 heterocycles. The Morgan fingerprint density at radius 1 is 1.15 bits per heavy atom. The molecule has 1 saturated carbocycles. The molecule has 1 aromatic rings. The molecule has 3 N–H and O–H groups in total. The molecule has 4 rings (SSSR count). The van der Waals surface area contributed by atoms with Gasteiger partial charge in [-0.15, -0.1) is 0 Å². The summed E-state index contributed by atoms with van der Waals surface area (Å²) in [5, 5.41) is 15.5. The van der Waals surface area contributed by atoms with Gasteiger partial charge in [0, 0.05) is 30.2 Å². The fourth-order valence-electron chi connectivity index (χ4n) is 3.74. The van der Waals surface area contributed by atoms with E-state index in [1.807, 2.05) is 6.20 Å². The topological polar surface area (TPSA) is 89.3 Å². The quantitative estimate of drug-likeness (QED) is 0.711. The van der Waals surface area contributed by atoms with Crippen molar-refractivity contribution in [2.24, 2.45) is 9.98 Å². The molecular weight excluding hydrogens is 330 g/mol. The molecule has 26 heavy (non-hydrogen) atoms. The summed E-state index contributed by atoms with van der Waals surface area (Å²) < 4.78 is 0. The smallest absolute Gasteiger partial charge is 0.246 e. The number of rotatable bonds is 2. The Morgan fingerprint density at radius 3 is 2.69 bits per heavy atom. The van der Waals surface area contributed by atoms with Crippen LogP contribution in [0.2, 0.25) is 0 Å². The first-order valence-corrected chi connectivity index (χ1v) is 9.13. The number of hydrogen-bond donors (Lipinski definition) is 3. The lowest BCUT2D eigenvalue weighted by atomic mass is 9.93. The Bertz CT molecular complexity index is 750. The van der Waals surface area contributed by atoms with E-state index in [1.165, 1.54) is 19.3 Å². The molecule has 0 spiro atoms. The number of benzene rings is 1. The van der Waals surface area contributed by atoms with Crippen LogP contribution < -0.4 is 10.6 Å². The molecule has 136 valence electrons. The predicted molar refractivity (Wildman–Crippen MR) is 101 cm³/mol. The van der Waals surface area contributed by atoms with E-state index in [1.54, 1.807) is 36.6 Å². The van der Waals surface area contributed by atoms with Gasteiger partial charge in [-0.3, -0.25) is 4.79 Å². The lowest BCUT2D eigenvalue weighted by molar-refractivity contribution is -0.116. The van der Waals surface area contributed by atoms with E-state index >= 15 is 0 Å². The third kappa shape index (κ3) is 3.56. The van der Waals surface area contributed by atoms with Crippen LogP contribution in [0.3, 0.4) is 0 Å². The molecule has 0 radical (unpaired) electrons. The highest BCUT2D eigenvalue weighted by Crippen LogP contribution is 2.27. The number of fused-ring (bicyclic) bond motifs is 1. The van der Waals surface area contributed by atoms with E-state index < -0.39 is 0 Å². The van der Waals surface area contributed by atoms with Crippen molar-refractivity contribution < 1.29 is 9.90 Å². The van der Waals surface area contributed by atoms with Gasteiger partial charge >= 0.3 is 0 Å². The molecule has 3 aliphatic rings. The van der Waals surface area contributed by atoms with Crippen LogP contribution in [0.25, 0.3) is 0 Å². The first kappa shape index (κ1) is 16.6. The highest BCUT2D eigenvalue weighted by Gasteiger charge is 2.34. The van der Waals surface area contributed by atoms with Crippen LogP contribution in [0.5, 0.6) is 5.75 Å². The molecule has 1 amide bonds. The molecule has 0 aromatic heterocycles. The molecule has 1 fully saturated rings. The van der Waals surface area contributed by atoms with Crippen LogP contribution >= 0.6 is 0 Å². The van der Waals surface area contributed by atoms with Crippen molar-refractivity contribution >= 4 is 23.8 Å². The summed E-state index contributed by atoms with van der Waals surface area (Å²) in [7, 11) is 0. The lowest BCUT2D eigenvalue weighted by Gasteiger charge is -2.39. The van der Waals surface area contributed by atoms with E-state index in [9.17, 15) is 9.90 Å². The van der Waals surface area contributed by atoms with Gasteiger partial charge in [0.1, 0.15) is 11.8 Å². The number of phenolic OH excluding ortho intramolecular Hbond substituents is 1. The molecule has 0 saturated heterocycles. The summed E-state index contributed by atoms with van der Waals surface area (Å²) in [6, 6.07) is 6.91. The van der Waals surface area contributed by atoms with Crippen molar-refractivity contribution in [3.8, 4) is 5.75 Å². The molecule has 1 aliphatic carbocycles. The van der Waals surface area contributed by atoms with Gasteiger partial charge in [-0.2, -0.15) is 0 Å². The minimum Gasteiger partial charge on any atom is -0.508 e. The fourth-order valence-corrected chi connectivity index (χ4v) is 3.74. The zero-order valence-electron chi connectivity index (χ0n) is 14.5. The Kier molecular flexibility index (Phi) is 4.60. The SMILES string of the molecule is O=C1C=CN(C2CCCCC2)C2N=C(Nc3ccc(O)cc3)N=CC2N1. The molecular formula is C19H23N5O2. The minimum atomic E-state index is -0.246. The second kappa shape index (κ2) is 7.19. The lowest BCUT2D eigenvalue weighted by Crippen LogP contribution is -2.53. The maximum Gasteiger partial charge on any atom is 0.246 e. The number of carbonyl (C=O) groups excluding carboxylic acids is 1. The van der Waals surface area contributed by atoms with Gasteiger partial charge in [-0.1, -0.05) is 19.3 Å². The van der Waals surface area contributed by atoms with Crippen LogP contribution in [-0.2, 0) is 4.79 Å². The van der Waals surface area contributed by atoms with Gasteiger partial charge in [-0.25, -0.2) is 9.98 Å². The average molecular weight is 353 g/mol. The normalized spacial score (nSPS) is 25.9.